The van der Waals surface area contributed by atoms with Gasteiger partial charge < -0.3 is 9.26 Å². The van der Waals surface area contributed by atoms with Crippen molar-refractivity contribution in [1.82, 2.24) is 4.67 Å². The minimum absolute atomic E-state index is 0.131. The van der Waals surface area contributed by atoms with Gasteiger partial charge in [-0.15, -0.1) is 0 Å². The van der Waals surface area contributed by atoms with Crippen LogP contribution in [0.5, 0.6) is 5.75 Å². The second-order valence-corrected chi connectivity index (χ2v) is 6.44. The minimum Gasteiger partial charge on any atom is -0.497 e. The molecule has 2 saturated heterocycles. The Balaban J connectivity index is 1.83. The average molecular weight is 272 g/mol. The zero-order valence-corrected chi connectivity index (χ0v) is 11.3. The molecule has 0 aromatic heterocycles. The summed E-state index contributed by atoms with van der Waals surface area (Å²) in [6, 6.07) is 8.57. The normalized spacial score (nSPS) is 32.7. The molecule has 3 atom stereocenters. The summed E-state index contributed by atoms with van der Waals surface area (Å²) in [5.41, 5.74) is 1.20. The molecule has 0 amide bonds. The van der Waals surface area contributed by atoms with Gasteiger partial charge in [0.1, 0.15) is 11.9 Å². The number of rotatable bonds is 2. The van der Waals surface area contributed by atoms with E-state index in [4.69, 9.17) is 20.5 Å². The highest BCUT2D eigenvalue weighted by Crippen LogP contribution is 2.62. The predicted octanol–water partition coefficient (Wildman–Crippen LogP) is 3.70. The summed E-state index contributed by atoms with van der Waals surface area (Å²) in [7, 11) is 0.773. The molecule has 0 spiro atoms. The zero-order valence-electron chi connectivity index (χ0n) is 9.67. The average Bonchev–Trinajstić information content (AvgIpc) is 2.94. The summed E-state index contributed by atoms with van der Waals surface area (Å²) in [6.45, 7) is 1.08. The second-order valence-electron chi connectivity index (χ2n) is 4.40. The number of fused-ring (bicyclic) bond motifs is 1. The molecule has 2 heterocycles. The van der Waals surface area contributed by atoms with Gasteiger partial charge in [0.2, 0.25) is 7.65 Å². The number of methoxy groups -OCH3 is 1. The maximum Gasteiger partial charge on any atom is 0.207 e. The fraction of sp³-hybridized carbons (Fsp3) is 0.500. The van der Waals surface area contributed by atoms with E-state index in [2.05, 4.69) is 16.8 Å². The number of ether oxygens (including phenoxy) is 1. The van der Waals surface area contributed by atoms with Crippen molar-refractivity contribution in [2.45, 2.75) is 25.0 Å². The Hall–Kier alpha value is -0.340. The van der Waals surface area contributed by atoms with Crippen LogP contribution in [0.2, 0.25) is 0 Å². The molecule has 3 nitrogen and oxygen atoms in total. The molecule has 0 bridgehead atoms. The molecule has 1 aromatic rings. The summed E-state index contributed by atoms with van der Waals surface area (Å²) in [6.07, 6.45) is 2.54. The quantitative estimate of drug-likeness (QED) is 0.766. The molecule has 2 aliphatic rings. The van der Waals surface area contributed by atoms with Crippen LogP contribution in [-0.4, -0.2) is 24.4 Å². The fourth-order valence-electron chi connectivity index (χ4n) is 2.58. The summed E-state index contributed by atoms with van der Waals surface area (Å²) in [5.74, 6) is 0.878. The van der Waals surface area contributed by atoms with E-state index in [1.807, 2.05) is 12.1 Å². The summed E-state index contributed by atoms with van der Waals surface area (Å²) >= 11 is 6.26. The molecule has 92 valence electrons. The van der Waals surface area contributed by atoms with Crippen molar-refractivity contribution in [3.8, 4) is 5.75 Å². The van der Waals surface area contributed by atoms with Crippen molar-refractivity contribution >= 4 is 18.9 Å². The van der Waals surface area contributed by atoms with Crippen molar-refractivity contribution < 1.29 is 9.26 Å². The Kier molecular flexibility index (Phi) is 3.27. The summed E-state index contributed by atoms with van der Waals surface area (Å²) in [4.78, 5) is 0. The maximum absolute atomic E-state index is 6.26. The lowest BCUT2D eigenvalue weighted by Gasteiger charge is -2.17. The summed E-state index contributed by atoms with van der Waals surface area (Å²) in [5, 5.41) is 0. The molecule has 17 heavy (non-hydrogen) atoms. The molecule has 0 aliphatic carbocycles. The van der Waals surface area contributed by atoms with Gasteiger partial charge in [0.25, 0.3) is 0 Å². The van der Waals surface area contributed by atoms with Gasteiger partial charge in [0.15, 0.2) is 0 Å². The van der Waals surface area contributed by atoms with Crippen LogP contribution in [-0.2, 0) is 4.52 Å². The van der Waals surface area contributed by atoms with E-state index in [0.717, 1.165) is 12.3 Å². The molecule has 0 N–H and O–H groups in total. The first-order valence-electron chi connectivity index (χ1n) is 5.83. The first-order chi connectivity index (χ1) is 8.29. The molecule has 0 radical (unpaired) electrons. The largest absolute Gasteiger partial charge is 0.497 e. The zero-order chi connectivity index (χ0) is 11.8. The Morgan fingerprint density at radius 2 is 2.18 bits per heavy atom. The Morgan fingerprint density at radius 3 is 2.88 bits per heavy atom. The van der Waals surface area contributed by atoms with Crippen LogP contribution in [0.25, 0.3) is 0 Å². The van der Waals surface area contributed by atoms with Crippen molar-refractivity contribution in [3.05, 3.63) is 29.8 Å². The third-order valence-corrected chi connectivity index (χ3v) is 5.59. The molecule has 2 fully saturated rings. The van der Waals surface area contributed by atoms with E-state index < -0.39 is 7.65 Å². The Morgan fingerprint density at radius 1 is 1.41 bits per heavy atom. The van der Waals surface area contributed by atoms with Crippen LogP contribution in [0, 0.1) is 0 Å². The van der Waals surface area contributed by atoms with Crippen LogP contribution < -0.4 is 4.74 Å². The lowest BCUT2D eigenvalue weighted by atomic mass is 10.0. The van der Waals surface area contributed by atoms with Crippen molar-refractivity contribution in [2.75, 3.05) is 13.7 Å². The van der Waals surface area contributed by atoms with E-state index in [9.17, 15) is 0 Å². The maximum atomic E-state index is 6.26. The van der Waals surface area contributed by atoms with E-state index >= 15 is 0 Å². The predicted molar refractivity (Wildman–Crippen MR) is 69.3 cm³/mol. The highest BCUT2D eigenvalue weighted by atomic mass is 35.7. The molecule has 2 aliphatic heterocycles. The lowest BCUT2D eigenvalue weighted by Crippen LogP contribution is -2.21. The molecule has 1 aromatic carbocycles. The Labute approximate surface area is 107 Å². The van der Waals surface area contributed by atoms with Crippen LogP contribution in [0.3, 0.4) is 0 Å². The topological polar surface area (TPSA) is 21.7 Å². The number of hydrogen-bond donors (Lipinski definition) is 0. The van der Waals surface area contributed by atoms with Gasteiger partial charge in [-0.2, -0.15) is 0 Å². The van der Waals surface area contributed by atoms with Gasteiger partial charge in [-0.1, -0.05) is 12.1 Å². The highest BCUT2D eigenvalue weighted by Gasteiger charge is 2.45. The van der Waals surface area contributed by atoms with Gasteiger partial charge in [0, 0.05) is 12.6 Å². The smallest absolute Gasteiger partial charge is 0.207 e. The van der Waals surface area contributed by atoms with Crippen molar-refractivity contribution in [2.24, 2.45) is 0 Å². The molecule has 5 heteroatoms. The first-order valence-corrected chi connectivity index (χ1v) is 7.94. The molecular weight excluding hydrogens is 257 g/mol. The second kappa shape index (κ2) is 4.74. The molecule has 2 unspecified atom stereocenters. The van der Waals surface area contributed by atoms with Crippen LogP contribution in [0.4, 0.5) is 0 Å². The van der Waals surface area contributed by atoms with Gasteiger partial charge in [-0.25, -0.2) is 4.67 Å². The van der Waals surface area contributed by atoms with E-state index in [1.165, 1.54) is 18.4 Å². The highest BCUT2D eigenvalue weighted by molar-refractivity contribution is 7.78. The van der Waals surface area contributed by atoms with Gasteiger partial charge in [-0.3, -0.25) is 0 Å². The van der Waals surface area contributed by atoms with Crippen molar-refractivity contribution in [3.63, 3.8) is 0 Å². The third kappa shape index (κ3) is 2.06. The van der Waals surface area contributed by atoms with Crippen LogP contribution in [0.15, 0.2) is 24.3 Å². The minimum atomic E-state index is -0.905. The van der Waals surface area contributed by atoms with Crippen LogP contribution >= 0.6 is 18.9 Å². The third-order valence-electron chi connectivity index (χ3n) is 3.47. The van der Waals surface area contributed by atoms with Crippen molar-refractivity contribution in [1.29, 1.82) is 0 Å². The van der Waals surface area contributed by atoms with E-state index in [-0.39, 0.29) is 6.10 Å². The molecular formula is C12H15ClNO2P. The number of halogens is 1. The van der Waals surface area contributed by atoms with Crippen LogP contribution in [0.1, 0.15) is 24.5 Å². The van der Waals surface area contributed by atoms with E-state index in [0.29, 0.717) is 6.04 Å². The van der Waals surface area contributed by atoms with Gasteiger partial charge in [-0.05, 0) is 41.8 Å². The number of benzene rings is 1. The Bertz CT molecular complexity index is 400. The monoisotopic (exact) mass is 271 g/mol. The molecule has 0 saturated carbocycles. The van der Waals surface area contributed by atoms with Gasteiger partial charge in [0.05, 0.1) is 7.11 Å². The lowest BCUT2D eigenvalue weighted by molar-refractivity contribution is 0.215. The number of hydrogen-bond acceptors (Lipinski definition) is 3. The number of nitrogens with zero attached hydrogens (tertiary/aromatic N) is 1. The summed E-state index contributed by atoms with van der Waals surface area (Å²) < 4.78 is 13.4. The fourth-order valence-corrected chi connectivity index (χ4v) is 4.74. The SMILES string of the molecule is COc1ccc([C@H]2OP(Cl)N3CCCC23)cc1. The standard InChI is InChI=1S/C12H15ClNO2P/c1-15-10-6-4-9(5-7-10)12-11-3-2-8-14(11)17(13)16-12/h4-7,11-12H,2-3,8H2,1H3/t11?,12-,17?/m1/s1. The molecule has 3 rings (SSSR count). The first kappa shape index (κ1) is 11.7. The van der Waals surface area contributed by atoms with Gasteiger partial charge >= 0.3 is 0 Å². The van der Waals surface area contributed by atoms with E-state index in [1.54, 1.807) is 7.11 Å².